The van der Waals surface area contributed by atoms with Gasteiger partial charge in [-0.3, -0.25) is 0 Å². The fourth-order valence-electron chi connectivity index (χ4n) is 2.05. The standard InChI is InChI=1S/C16H25F2NO/c1-16(2,8-9-19-10-11-20-3)7-6-13-4-5-14(17)12-15(13)18/h4-5,12,19H,6-11H2,1-3H3. The quantitative estimate of drug-likeness (QED) is 0.701. The molecule has 0 heterocycles. The van der Waals surface area contributed by atoms with Crippen molar-refractivity contribution < 1.29 is 13.5 Å². The van der Waals surface area contributed by atoms with Gasteiger partial charge in [-0.2, -0.15) is 0 Å². The zero-order valence-electron chi connectivity index (χ0n) is 12.6. The second-order valence-corrected chi connectivity index (χ2v) is 5.89. The summed E-state index contributed by atoms with van der Waals surface area (Å²) in [7, 11) is 1.68. The molecule has 2 nitrogen and oxygen atoms in total. The van der Waals surface area contributed by atoms with Crippen molar-refractivity contribution in [3.8, 4) is 0 Å². The zero-order valence-corrected chi connectivity index (χ0v) is 12.6. The molecule has 0 unspecified atom stereocenters. The van der Waals surface area contributed by atoms with Gasteiger partial charge in [0, 0.05) is 19.7 Å². The predicted molar refractivity (Wildman–Crippen MR) is 77.8 cm³/mol. The highest BCUT2D eigenvalue weighted by atomic mass is 19.1. The molecule has 0 aliphatic heterocycles. The third-order valence-corrected chi connectivity index (χ3v) is 3.55. The molecule has 0 atom stereocenters. The lowest BCUT2D eigenvalue weighted by Crippen LogP contribution is -2.25. The topological polar surface area (TPSA) is 21.3 Å². The Morgan fingerprint density at radius 2 is 1.90 bits per heavy atom. The van der Waals surface area contributed by atoms with Crippen LogP contribution in [0.2, 0.25) is 0 Å². The maximum Gasteiger partial charge on any atom is 0.129 e. The van der Waals surface area contributed by atoms with Crippen molar-refractivity contribution in [2.24, 2.45) is 5.41 Å². The molecule has 0 bridgehead atoms. The Balaban J connectivity index is 2.34. The molecule has 1 rings (SSSR count). The highest BCUT2D eigenvalue weighted by Crippen LogP contribution is 2.27. The molecule has 0 fully saturated rings. The Hall–Kier alpha value is -1.00. The Labute approximate surface area is 120 Å². The van der Waals surface area contributed by atoms with E-state index in [1.165, 1.54) is 12.1 Å². The van der Waals surface area contributed by atoms with Crippen LogP contribution >= 0.6 is 0 Å². The first-order valence-corrected chi connectivity index (χ1v) is 7.08. The van der Waals surface area contributed by atoms with Crippen molar-refractivity contribution in [1.82, 2.24) is 5.32 Å². The maximum absolute atomic E-state index is 13.6. The van der Waals surface area contributed by atoms with Gasteiger partial charge in [-0.25, -0.2) is 8.78 Å². The third kappa shape index (κ3) is 6.44. The molecule has 114 valence electrons. The number of hydrogen-bond donors (Lipinski definition) is 1. The summed E-state index contributed by atoms with van der Waals surface area (Å²) >= 11 is 0. The van der Waals surface area contributed by atoms with Gasteiger partial charge >= 0.3 is 0 Å². The van der Waals surface area contributed by atoms with Crippen molar-refractivity contribution in [3.63, 3.8) is 0 Å². The van der Waals surface area contributed by atoms with Crippen LogP contribution in [0.3, 0.4) is 0 Å². The van der Waals surface area contributed by atoms with Gasteiger partial charge in [-0.05, 0) is 42.9 Å². The summed E-state index contributed by atoms with van der Waals surface area (Å²) in [6.45, 7) is 6.82. The lowest BCUT2D eigenvalue weighted by molar-refractivity contribution is 0.196. The predicted octanol–water partition coefficient (Wildman–Crippen LogP) is 3.55. The monoisotopic (exact) mass is 285 g/mol. The van der Waals surface area contributed by atoms with E-state index in [-0.39, 0.29) is 5.41 Å². The molecule has 0 saturated carbocycles. The molecule has 20 heavy (non-hydrogen) atoms. The number of benzene rings is 1. The van der Waals surface area contributed by atoms with E-state index < -0.39 is 11.6 Å². The molecule has 0 spiro atoms. The van der Waals surface area contributed by atoms with Crippen LogP contribution in [0.25, 0.3) is 0 Å². The fourth-order valence-corrected chi connectivity index (χ4v) is 2.05. The van der Waals surface area contributed by atoms with E-state index in [0.717, 1.165) is 32.0 Å². The van der Waals surface area contributed by atoms with Crippen molar-refractivity contribution in [2.45, 2.75) is 33.1 Å². The molecule has 1 N–H and O–H groups in total. The van der Waals surface area contributed by atoms with Crippen LogP contribution in [0.5, 0.6) is 0 Å². The minimum Gasteiger partial charge on any atom is -0.383 e. The molecule has 0 radical (unpaired) electrons. The highest BCUT2D eigenvalue weighted by molar-refractivity contribution is 5.18. The summed E-state index contributed by atoms with van der Waals surface area (Å²) < 4.78 is 31.3. The SMILES string of the molecule is COCCNCCC(C)(C)CCc1ccc(F)cc1F. The minimum absolute atomic E-state index is 0.126. The van der Waals surface area contributed by atoms with Crippen LogP contribution < -0.4 is 5.32 Å². The first-order valence-electron chi connectivity index (χ1n) is 7.08. The number of methoxy groups -OCH3 is 1. The minimum atomic E-state index is -0.521. The van der Waals surface area contributed by atoms with E-state index in [0.29, 0.717) is 18.6 Å². The van der Waals surface area contributed by atoms with E-state index in [9.17, 15) is 8.78 Å². The van der Waals surface area contributed by atoms with Crippen LogP contribution in [-0.4, -0.2) is 26.8 Å². The van der Waals surface area contributed by atoms with Crippen LogP contribution in [0.4, 0.5) is 8.78 Å². The Kier molecular flexibility index (Phi) is 7.10. The van der Waals surface area contributed by atoms with Crippen molar-refractivity contribution >= 4 is 0 Å². The average Bonchev–Trinajstić information content (AvgIpc) is 2.37. The summed E-state index contributed by atoms with van der Waals surface area (Å²) in [5.41, 5.74) is 0.716. The summed E-state index contributed by atoms with van der Waals surface area (Å²) in [5, 5.41) is 3.31. The van der Waals surface area contributed by atoms with E-state index in [2.05, 4.69) is 19.2 Å². The molecule has 0 aromatic heterocycles. The molecule has 0 amide bonds. The van der Waals surface area contributed by atoms with E-state index in [1.54, 1.807) is 7.11 Å². The van der Waals surface area contributed by atoms with E-state index in [4.69, 9.17) is 4.74 Å². The fraction of sp³-hybridized carbons (Fsp3) is 0.625. The Bertz CT molecular complexity index is 407. The van der Waals surface area contributed by atoms with Crippen molar-refractivity contribution in [2.75, 3.05) is 26.8 Å². The highest BCUT2D eigenvalue weighted by Gasteiger charge is 2.18. The molecule has 0 aliphatic rings. The average molecular weight is 285 g/mol. The second-order valence-electron chi connectivity index (χ2n) is 5.89. The summed E-state index contributed by atoms with van der Waals surface area (Å²) in [5.74, 6) is -0.966. The van der Waals surface area contributed by atoms with Gasteiger partial charge in [0.2, 0.25) is 0 Å². The Morgan fingerprint density at radius 3 is 2.55 bits per heavy atom. The number of aryl methyl sites for hydroxylation is 1. The van der Waals surface area contributed by atoms with Crippen LogP contribution in [0.1, 0.15) is 32.3 Å². The van der Waals surface area contributed by atoms with Gasteiger partial charge in [0.1, 0.15) is 11.6 Å². The third-order valence-electron chi connectivity index (χ3n) is 3.55. The zero-order chi connectivity index (χ0) is 15.0. The number of ether oxygens (including phenoxy) is 1. The summed E-state index contributed by atoms with van der Waals surface area (Å²) in [6, 6.07) is 3.81. The Morgan fingerprint density at radius 1 is 1.15 bits per heavy atom. The second kappa shape index (κ2) is 8.32. The molecule has 1 aromatic rings. The molecule has 1 aromatic carbocycles. The van der Waals surface area contributed by atoms with Crippen LogP contribution in [-0.2, 0) is 11.2 Å². The molecule has 4 heteroatoms. The first kappa shape index (κ1) is 17.1. The number of hydrogen-bond acceptors (Lipinski definition) is 2. The normalized spacial score (nSPS) is 11.8. The number of halogens is 2. The van der Waals surface area contributed by atoms with Gasteiger partial charge in [-0.15, -0.1) is 0 Å². The number of nitrogens with one attached hydrogen (secondary N) is 1. The van der Waals surface area contributed by atoms with E-state index in [1.807, 2.05) is 0 Å². The van der Waals surface area contributed by atoms with Gasteiger partial charge in [-0.1, -0.05) is 19.9 Å². The first-order chi connectivity index (χ1) is 9.44. The van der Waals surface area contributed by atoms with Crippen LogP contribution in [0, 0.1) is 17.0 Å². The smallest absolute Gasteiger partial charge is 0.129 e. The number of rotatable bonds is 9. The summed E-state index contributed by atoms with van der Waals surface area (Å²) in [4.78, 5) is 0. The maximum atomic E-state index is 13.6. The molecule has 0 saturated heterocycles. The van der Waals surface area contributed by atoms with Crippen LogP contribution in [0.15, 0.2) is 18.2 Å². The molecular formula is C16H25F2NO. The van der Waals surface area contributed by atoms with Gasteiger partial charge < -0.3 is 10.1 Å². The largest absolute Gasteiger partial charge is 0.383 e. The van der Waals surface area contributed by atoms with E-state index >= 15 is 0 Å². The lowest BCUT2D eigenvalue weighted by atomic mass is 9.83. The van der Waals surface area contributed by atoms with Crippen molar-refractivity contribution in [1.29, 1.82) is 0 Å². The van der Waals surface area contributed by atoms with Crippen molar-refractivity contribution in [3.05, 3.63) is 35.4 Å². The van der Waals surface area contributed by atoms with Gasteiger partial charge in [0.05, 0.1) is 6.61 Å². The molecule has 0 aliphatic carbocycles. The van der Waals surface area contributed by atoms with Gasteiger partial charge in [0.25, 0.3) is 0 Å². The van der Waals surface area contributed by atoms with Gasteiger partial charge in [0.15, 0.2) is 0 Å². The molecular weight excluding hydrogens is 260 g/mol. The summed E-state index contributed by atoms with van der Waals surface area (Å²) in [6.07, 6.45) is 2.53. The lowest BCUT2D eigenvalue weighted by Gasteiger charge is -2.25.